The first kappa shape index (κ1) is 14.5. The standard InChI is InChI=1S/C3H4F5NO4S2/c1-14(10,11)9-15(12,13)3(7,8)2(4,5)6/h9H,1H3. The van der Waals surface area contributed by atoms with Gasteiger partial charge in [0.15, 0.2) is 0 Å². The van der Waals surface area contributed by atoms with Crippen LogP contribution in [0.25, 0.3) is 0 Å². The highest BCUT2D eigenvalue weighted by Gasteiger charge is 2.68. The molecular weight excluding hydrogens is 273 g/mol. The number of hydrogen-bond acceptors (Lipinski definition) is 4. The number of sulfonamides is 2. The summed E-state index contributed by atoms with van der Waals surface area (Å²) in [5.41, 5.74) is 0. The second kappa shape index (κ2) is 3.52. The summed E-state index contributed by atoms with van der Waals surface area (Å²) in [7, 11) is -11.1. The van der Waals surface area contributed by atoms with Crippen molar-refractivity contribution in [1.29, 1.82) is 0 Å². The van der Waals surface area contributed by atoms with Crippen LogP contribution in [0.15, 0.2) is 0 Å². The number of rotatable bonds is 3. The number of halogens is 5. The maximum atomic E-state index is 12.2. The zero-order valence-electron chi connectivity index (χ0n) is 6.84. The van der Waals surface area contributed by atoms with E-state index >= 15 is 0 Å². The summed E-state index contributed by atoms with van der Waals surface area (Å²) in [5.74, 6) is 0. The van der Waals surface area contributed by atoms with E-state index in [0.717, 1.165) is 0 Å². The van der Waals surface area contributed by atoms with Gasteiger partial charge >= 0.3 is 11.4 Å². The van der Waals surface area contributed by atoms with Crippen LogP contribution in [0.2, 0.25) is 0 Å². The van der Waals surface area contributed by atoms with Gasteiger partial charge in [-0.25, -0.2) is 16.8 Å². The summed E-state index contributed by atoms with van der Waals surface area (Å²) in [6, 6.07) is 0. The molecule has 15 heavy (non-hydrogen) atoms. The molecule has 0 atom stereocenters. The van der Waals surface area contributed by atoms with Crippen LogP contribution in [0.3, 0.4) is 0 Å². The summed E-state index contributed by atoms with van der Waals surface area (Å²) in [4.78, 5) is 0. The molecule has 0 bridgehead atoms. The van der Waals surface area contributed by atoms with Crippen LogP contribution in [0, 0.1) is 0 Å². The molecule has 0 heterocycles. The van der Waals surface area contributed by atoms with E-state index < -0.39 is 31.5 Å². The normalized spacial score (nSPS) is 15.3. The van der Waals surface area contributed by atoms with Gasteiger partial charge < -0.3 is 0 Å². The molecule has 0 radical (unpaired) electrons. The average molecular weight is 277 g/mol. The first-order valence-corrected chi connectivity index (χ1v) is 6.26. The van der Waals surface area contributed by atoms with Crippen molar-refractivity contribution in [2.45, 2.75) is 11.4 Å². The van der Waals surface area contributed by atoms with Gasteiger partial charge in [0, 0.05) is 0 Å². The van der Waals surface area contributed by atoms with Crippen LogP contribution < -0.4 is 4.13 Å². The molecule has 0 unspecified atom stereocenters. The summed E-state index contributed by atoms with van der Waals surface area (Å²) in [6.45, 7) is 0. The van der Waals surface area contributed by atoms with E-state index in [-0.39, 0.29) is 10.4 Å². The van der Waals surface area contributed by atoms with Crippen molar-refractivity contribution in [3.63, 3.8) is 0 Å². The number of alkyl halides is 5. The fourth-order valence-electron chi connectivity index (χ4n) is 0.404. The second-order valence-corrected chi connectivity index (χ2v) is 6.10. The molecule has 0 saturated carbocycles. The molecule has 0 fully saturated rings. The van der Waals surface area contributed by atoms with Gasteiger partial charge in [-0.15, -0.1) is 4.13 Å². The van der Waals surface area contributed by atoms with Crippen LogP contribution in [-0.4, -0.2) is 34.5 Å². The van der Waals surface area contributed by atoms with Crippen LogP contribution in [0.1, 0.15) is 0 Å². The van der Waals surface area contributed by atoms with Crippen molar-refractivity contribution >= 4 is 20.0 Å². The molecule has 12 heteroatoms. The fourth-order valence-corrected chi connectivity index (χ4v) is 2.72. The Kier molecular flexibility index (Phi) is 3.40. The Morgan fingerprint density at radius 1 is 0.933 bits per heavy atom. The quantitative estimate of drug-likeness (QED) is 0.737. The maximum Gasteiger partial charge on any atom is 0.471 e. The minimum atomic E-state index is -6.40. The third-order valence-electron chi connectivity index (χ3n) is 0.929. The molecule has 0 saturated heterocycles. The van der Waals surface area contributed by atoms with Crippen molar-refractivity contribution in [3.8, 4) is 0 Å². The van der Waals surface area contributed by atoms with E-state index in [9.17, 15) is 38.8 Å². The molecular formula is C3H4F5NO4S2. The minimum absolute atomic E-state index is 0.122. The molecule has 0 aromatic carbocycles. The molecule has 0 aliphatic rings. The highest BCUT2D eigenvalue weighted by atomic mass is 32.3. The Bertz CT molecular complexity index is 433. The Hall–Kier alpha value is -0.490. The van der Waals surface area contributed by atoms with Crippen LogP contribution >= 0.6 is 0 Å². The van der Waals surface area contributed by atoms with Gasteiger partial charge in [0.05, 0.1) is 6.26 Å². The summed E-state index contributed by atoms with van der Waals surface area (Å²) < 4.78 is 100. The molecule has 92 valence electrons. The third-order valence-corrected chi connectivity index (χ3v) is 3.92. The molecule has 0 aliphatic carbocycles. The van der Waals surface area contributed by atoms with Gasteiger partial charge in [-0.05, 0) is 0 Å². The SMILES string of the molecule is CS(=O)(=O)NS(=O)(=O)C(F)(F)C(F)(F)F. The zero-order valence-corrected chi connectivity index (χ0v) is 8.47. The average Bonchev–Trinajstić information content (AvgIpc) is 1.77. The molecule has 0 aromatic heterocycles. The minimum Gasteiger partial charge on any atom is -0.212 e. The second-order valence-electron chi connectivity index (χ2n) is 2.37. The zero-order chi connectivity index (χ0) is 12.7. The topological polar surface area (TPSA) is 80.3 Å². The molecule has 0 spiro atoms. The lowest BCUT2D eigenvalue weighted by Gasteiger charge is -2.18. The Morgan fingerprint density at radius 2 is 1.27 bits per heavy atom. The largest absolute Gasteiger partial charge is 0.471 e. The lowest BCUT2D eigenvalue weighted by molar-refractivity contribution is -0.241. The third kappa shape index (κ3) is 3.24. The number of nitrogens with one attached hydrogen (secondary N) is 1. The van der Waals surface area contributed by atoms with Crippen molar-refractivity contribution in [2.24, 2.45) is 0 Å². The van der Waals surface area contributed by atoms with E-state index in [2.05, 4.69) is 0 Å². The van der Waals surface area contributed by atoms with Crippen molar-refractivity contribution in [2.75, 3.05) is 6.26 Å². The van der Waals surface area contributed by atoms with Gasteiger partial charge in [-0.3, -0.25) is 0 Å². The van der Waals surface area contributed by atoms with Gasteiger partial charge in [-0.2, -0.15) is 22.0 Å². The van der Waals surface area contributed by atoms with E-state index in [0.29, 0.717) is 0 Å². The predicted molar refractivity (Wildman–Crippen MR) is 37.9 cm³/mol. The summed E-state index contributed by atoms with van der Waals surface area (Å²) >= 11 is 0. The first-order valence-electron chi connectivity index (χ1n) is 2.88. The first-order chi connectivity index (χ1) is 6.21. The highest BCUT2D eigenvalue weighted by Crippen LogP contribution is 2.39. The fraction of sp³-hybridized carbons (Fsp3) is 1.00. The molecule has 5 nitrogen and oxygen atoms in total. The van der Waals surface area contributed by atoms with Gasteiger partial charge in [0.25, 0.3) is 10.0 Å². The number of hydrogen-bond donors (Lipinski definition) is 1. The molecule has 0 amide bonds. The molecule has 0 aromatic rings. The van der Waals surface area contributed by atoms with Crippen molar-refractivity contribution < 1.29 is 38.8 Å². The smallest absolute Gasteiger partial charge is 0.212 e. The lowest BCUT2D eigenvalue weighted by Crippen LogP contribution is -2.51. The van der Waals surface area contributed by atoms with Crippen LogP contribution in [0.4, 0.5) is 22.0 Å². The lowest BCUT2D eigenvalue weighted by atomic mass is 10.7. The summed E-state index contributed by atoms with van der Waals surface area (Å²) in [6.07, 6.45) is -6.28. The van der Waals surface area contributed by atoms with E-state index in [4.69, 9.17) is 0 Å². The molecule has 1 N–H and O–H groups in total. The highest BCUT2D eigenvalue weighted by molar-refractivity contribution is 8.04. The van der Waals surface area contributed by atoms with Crippen LogP contribution in [-0.2, 0) is 20.0 Å². The van der Waals surface area contributed by atoms with Crippen LogP contribution in [0.5, 0.6) is 0 Å². The van der Waals surface area contributed by atoms with E-state index in [1.165, 1.54) is 0 Å². The Balaban J connectivity index is 5.43. The predicted octanol–water partition coefficient (Wildman–Crippen LogP) is 0.0205. The van der Waals surface area contributed by atoms with E-state index in [1.807, 2.05) is 0 Å². The molecule has 0 aliphatic heterocycles. The Labute approximate surface area is 81.4 Å². The van der Waals surface area contributed by atoms with Crippen molar-refractivity contribution in [1.82, 2.24) is 4.13 Å². The maximum absolute atomic E-state index is 12.2. The Morgan fingerprint density at radius 3 is 1.47 bits per heavy atom. The van der Waals surface area contributed by atoms with Gasteiger partial charge in [0.2, 0.25) is 10.0 Å². The van der Waals surface area contributed by atoms with Gasteiger partial charge in [0.1, 0.15) is 0 Å². The van der Waals surface area contributed by atoms with Crippen molar-refractivity contribution in [3.05, 3.63) is 0 Å². The van der Waals surface area contributed by atoms with Gasteiger partial charge in [-0.1, -0.05) is 0 Å². The monoisotopic (exact) mass is 277 g/mol. The van der Waals surface area contributed by atoms with E-state index in [1.54, 1.807) is 0 Å². The molecule has 0 rings (SSSR count). The summed E-state index contributed by atoms with van der Waals surface area (Å²) in [5, 5.41) is -6.18.